The zero-order chi connectivity index (χ0) is 12.8. The molecule has 0 saturated heterocycles. The number of hydrogen-bond acceptors (Lipinski definition) is 5. The van der Waals surface area contributed by atoms with Gasteiger partial charge < -0.3 is 10.3 Å². The lowest BCUT2D eigenvalue weighted by atomic mass is 10.2. The molecule has 0 bridgehead atoms. The Morgan fingerprint density at radius 2 is 2.39 bits per heavy atom. The molecule has 2 N–H and O–H groups in total. The van der Waals surface area contributed by atoms with Crippen LogP contribution in [0.5, 0.6) is 0 Å². The van der Waals surface area contributed by atoms with E-state index >= 15 is 0 Å². The Bertz CT molecular complexity index is 493. The quantitative estimate of drug-likeness (QED) is 0.821. The van der Waals surface area contributed by atoms with Gasteiger partial charge in [-0.25, -0.2) is 4.98 Å². The minimum atomic E-state index is -0.0898. The second-order valence-corrected chi connectivity index (χ2v) is 4.64. The molecule has 0 aliphatic carbocycles. The number of aromatic nitrogens is 4. The summed E-state index contributed by atoms with van der Waals surface area (Å²) in [7, 11) is 0. The maximum atomic E-state index is 11.9. The molecule has 1 amide bonds. The third kappa shape index (κ3) is 3.13. The van der Waals surface area contributed by atoms with Gasteiger partial charge in [0, 0.05) is 24.9 Å². The summed E-state index contributed by atoms with van der Waals surface area (Å²) in [6.07, 6.45) is 5.87. The van der Waals surface area contributed by atoms with Crippen LogP contribution in [0.4, 0.5) is 0 Å². The van der Waals surface area contributed by atoms with Crippen LogP contribution in [0, 0.1) is 0 Å². The number of hydrogen-bond donors (Lipinski definition) is 2. The predicted molar refractivity (Wildman–Crippen MR) is 68.5 cm³/mol. The first-order valence-corrected chi connectivity index (χ1v) is 6.65. The normalized spacial score (nSPS) is 10.5. The number of aromatic amines is 1. The van der Waals surface area contributed by atoms with E-state index in [4.69, 9.17) is 0 Å². The van der Waals surface area contributed by atoms with Gasteiger partial charge in [0.2, 0.25) is 0 Å². The van der Waals surface area contributed by atoms with Crippen LogP contribution >= 0.6 is 11.5 Å². The Balaban J connectivity index is 1.85. The summed E-state index contributed by atoms with van der Waals surface area (Å²) in [5.41, 5.74) is 1.80. The van der Waals surface area contributed by atoms with Gasteiger partial charge in [-0.3, -0.25) is 4.79 Å². The maximum absolute atomic E-state index is 11.9. The molecule has 6 nitrogen and oxygen atoms in total. The molecule has 96 valence electrons. The number of carbonyl (C=O) groups excluding carboxylic acids is 1. The van der Waals surface area contributed by atoms with Crippen molar-refractivity contribution in [3.05, 3.63) is 28.8 Å². The number of imidazole rings is 1. The van der Waals surface area contributed by atoms with Crippen LogP contribution < -0.4 is 5.32 Å². The van der Waals surface area contributed by atoms with Crippen molar-refractivity contribution in [1.82, 2.24) is 24.9 Å². The van der Waals surface area contributed by atoms with Gasteiger partial charge in [0.25, 0.3) is 5.91 Å². The minimum Gasteiger partial charge on any atom is -0.351 e. The zero-order valence-corrected chi connectivity index (χ0v) is 11.0. The molecule has 2 aromatic rings. The molecule has 2 rings (SSSR count). The molecule has 0 radical (unpaired) electrons. The van der Waals surface area contributed by atoms with Crippen LogP contribution in [0.3, 0.4) is 0 Å². The Kier molecular flexibility index (Phi) is 4.40. The molecule has 0 atom stereocenters. The first-order valence-electron chi connectivity index (χ1n) is 5.88. The van der Waals surface area contributed by atoms with Crippen LogP contribution in [0.25, 0.3) is 0 Å². The van der Waals surface area contributed by atoms with Gasteiger partial charge in [0.15, 0.2) is 0 Å². The highest BCUT2D eigenvalue weighted by atomic mass is 32.1. The topological polar surface area (TPSA) is 83.6 Å². The van der Waals surface area contributed by atoms with Crippen molar-refractivity contribution in [2.45, 2.75) is 26.2 Å². The molecule has 2 aromatic heterocycles. The van der Waals surface area contributed by atoms with Crippen LogP contribution in [-0.2, 0) is 12.8 Å². The highest BCUT2D eigenvalue weighted by Gasteiger charge is 2.14. The molecule has 0 aromatic carbocycles. The summed E-state index contributed by atoms with van der Waals surface area (Å²) in [6.45, 7) is 2.63. The molecule has 0 unspecified atom stereocenters. The SMILES string of the molecule is CCCc1nnsc1C(=O)NCCc1cnc[nH]1. The summed E-state index contributed by atoms with van der Waals surface area (Å²) in [4.78, 5) is 19.5. The second-order valence-electron chi connectivity index (χ2n) is 3.88. The molecule has 0 fully saturated rings. The largest absolute Gasteiger partial charge is 0.351 e. The highest BCUT2D eigenvalue weighted by molar-refractivity contribution is 7.08. The average molecular weight is 265 g/mol. The molecule has 0 spiro atoms. The van der Waals surface area contributed by atoms with Crippen molar-refractivity contribution in [3.63, 3.8) is 0 Å². The smallest absolute Gasteiger partial charge is 0.264 e. The van der Waals surface area contributed by atoms with Gasteiger partial charge in [-0.15, -0.1) is 5.10 Å². The number of carbonyl (C=O) groups is 1. The monoisotopic (exact) mass is 265 g/mol. The molecule has 7 heteroatoms. The van der Waals surface area contributed by atoms with Crippen LogP contribution in [0.1, 0.15) is 34.4 Å². The molecule has 0 saturated carbocycles. The number of nitrogens with one attached hydrogen (secondary N) is 2. The lowest BCUT2D eigenvalue weighted by Crippen LogP contribution is -2.25. The summed E-state index contributed by atoms with van der Waals surface area (Å²) >= 11 is 1.15. The Morgan fingerprint density at radius 3 is 3.11 bits per heavy atom. The predicted octanol–water partition coefficient (Wildman–Crippen LogP) is 1.19. The highest BCUT2D eigenvalue weighted by Crippen LogP contribution is 2.12. The Morgan fingerprint density at radius 1 is 1.50 bits per heavy atom. The van der Waals surface area contributed by atoms with Crippen molar-refractivity contribution in [2.24, 2.45) is 0 Å². The van der Waals surface area contributed by atoms with Gasteiger partial charge in [-0.05, 0) is 18.0 Å². The third-order valence-electron chi connectivity index (χ3n) is 2.48. The first-order chi connectivity index (χ1) is 8.81. The van der Waals surface area contributed by atoms with E-state index in [0.717, 1.165) is 42.2 Å². The fraction of sp³-hybridized carbons (Fsp3) is 0.455. The number of H-pyrrole nitrogens is 1. The molecule has 2 heterocycles. The Labute approximate surface area is 109 Å². The number of aryl methyl sites for hydroxylation is 1. The van der Waals surface area contributed by atoms with Crippen LogP contribution in [-0.4, -0.2) is 32.0 Å². The summed E-state index contributed by atoms with van der Waals surface area (Å²) in [5.74, 6) is -0.0898. The van der Waals surface area contributed by atoms with Crippen molar-refractivity contribution in [1.29, 1.82) is 0 Å². The average Bonchev–Trinajstić information content (AvgIpc) is 3.00. The van der Waals surface area contributed by atoms with Gasteiger partial charge in [0.1, 0.15) is 4.88 Å². The van der Waals surface area contributed by atoms with Gasteiger partial charge in [-0.1, -0.05) is 17.8 Å². The fourth-order valence-corrected chi connectivity index (χ4v) is 2.22. The lowest BCUT2D eigenvalue weighted by Gasteiger charge is -2.03. The van der Waals surface area contributed by atoms with E-state index in [0.29, 0.717) is 11.4 Å². The molecule has 18 heavy (non-hydrogen) atoms. The molecule has 0 aliphatic rings. The van der Waals surface area contributed by atoms with Crippen molar-refractivity contribution in [3.8, 4) is 0 Å². The summed E-state index contributed by atoms with van der Waals surface area (Å²) in [5, 5.41) is 6.84. The van der Waals surface area contributed by atoms with E-state index in [1.807, 2.05) is 0 Å². The molecular formula is C11H15N5OS. The van der Waals surface area contributed by atoms with E-state index in [-0.39, 0.29) is 5.91 Å². The van der Waals surface area contributed by atoms with Gasteiger partial charge in [-0.2, -0.15) is 0 Å². The van der Waals surface area contributed by atoms with Gasteiger partial charge in [0.05, 0.1) is 12.0 Å². The van der Waals surface area contributed by atoms with Crippen molar-refractivity contribution >= 4 is 17.4 Å². The maximum Gasteiger partial charge on any atom is 0.264 e. The molecule has 0 aliphatic heterocycles. The first kappa shape index (κ1) is 12.7. The summed E-state index contributed by atoms with van der Waals surface area (Å²) in [6, 6.07) is 0. The number of nitrogens with zero attached hydrogens (tertiary/aromatic N) is 3. The molecular weight excluding hydrogens is 250 g/mol. The fourth-order valence-electron chi connectivity index (χ4n) is 1.59. The van der Waals surface area contributed by atoms with E-state index < -0.39 is 0 Å². The zero-order valence-electron chi connectivity index (χ0n) is 10.1. The third-order valence-corrected chi connectivity index (χ3v) is 3.25. The Hall–Kier alpha value is -1.76. The van der Waals surface area contributed by atoms with Crippen molar-refractivity contribution < 1.29 is 4.79 Å². The summed E-state index contributed by atoms with van der Waals surface area (Å²) < 4.78 is 3.83. The second kappa shape index (κ2) is 6.25. The van der Waals surface area contributed by atoms with E-state index in [2.05, 4.69) is 31.8 Å². The van der Waals surface area contributed by atoms with Crippen LogP contribution in [0.15, 0.2) is 12.5 Å². The van der Waals surface area contributed by atoms with E-state index in [1.54, 1.807) is 12.5 Å². The van der Waals surface area contributed by atoms with Gasteiger partial charge >= 0.3 is 0 Å². The van der Waals surface area contributed by atoms with E-state index in [9.17, 15) is 4.79 Å². The lowest BCUT2D eigenvalue weighted by molar-refractivity contribution is 0.0957. The standard InChI is InChI=1S/C11H15N5OS/c1-2-3-9-10(18-16-15-9)11(17)13-5-4-8-6-12-7-14-8/h6-7H,2-5H2,1H3,(H,12,14)(H,13,17). The minimum absolute atomic E-state index is 0.0898. The van der Waals surface area contributed by atoms with Crippen LogP contribution in [0.2, 0.25) is 0 Å². The van der Waals surface area contributed by atoms with Crippen molar-refractivity contribution in [2.75, 3.05) is 6.54 Å². The number of rotatable bonds is 6. The number of amides is 1. The van der Waals surface area contributed by atoms with E-state index in [1.165, 1.54) is 0 Å².